The first-order chi connectivity index (χ1) is 18.0. The number of nitrogens with two attached hydrogens (primary N) is 1. The van der Waals surface area contributed by atoms with E-state index in [4.69, 9.17) is 5.73 Å². The molecule has 4 amide bonds. The largest absolute Gasteiger partial charge is 0.384 e. The van der Waals surface area contributed by atoms with Gasteiger partial charge in [0.15, 0.2) is 5.82 Å². The molecule has 4 rings (SSSR count). The Kier molecular flexibility index (Phi) is 7.47. The zero-order valence-corrected chi connectivity index (χ0v) is 22.1. The van der Waals surface area contributed by atoms with Crippen molar-refractivity contribution >= 4 is 29.5 Å². The van der Waals surface area contributed by atoms with Crippen LogP contribution in [0.3, 0.4) is 0 Å². The quantitative estimate of drug-likeness (QED) is 0.460. The van der Waals surface area contributed by atoms with Crippen molar-refractivity contribution in [3.05, 3.63) is 70.8 Å². The minimum atomic E-state index is -1.04. The highest BCUT2D eigenvalue weighted by atomic mass is 19.1. The van der Waals surface area contributed by atoms with E-state index in [1.165, 1.54) is 11.1 Å². The fraction of sp³-hybridized carbons (Fsp3) is 0.370. The zero-order valence-electron chi connectivity index (χ0n) is 22.1. The molecule has 1 fully saturated rings. The number of amides is 4. The van der Waals surface area contributed by atoms with Crippen LogP contribution in [0.5, 0.6) is 0 Å². The first kappa shape index (κ1) is 26.8. The van der Waals surface area contributed by atoms with Gasteiger partial charge in [0.05, 0.1) is 12.0 Å². The number of hydrogen-bond acceptors (Lipinski definition) is 6. The number of β-lactam (4-membered cyclic amide) rings is 1. The Balaban J connectivity index is 1.61. The number of hydrogen-bond donors (Lipinski definition) is 2. The van der Waals surface area contributed by atoms with Gasteiger partial charge in [-0.3, -0.25) is 24.1 Å². The fourth-order valence-electron chi connectivity index (χ4n) is 4.85. The lowest BCUT2D eigenvalue weighted by Crippen LogP contribution is -2.70. The third-order valence-electron chi connectivity index (χ3n) is 6.93. The molecule has 1 aromatic carbocycles. The molecule has 3 aromatic rings. The second-order valence-electron chi connectivity index (χ2n) is 9.68. The summed E-state index contributed by atoms with van der Waals surface area (Å²) in [6.45, 7) is 5.21. The van der Waals surface area contributed by atoms with Gasteiger partial charge in [0.2, 0.25) is 5.91 Å². The molecule has 3 atom stereocenters. The lowest BCUT2D eigenvalue weighted by molar-refractivity contribution is -0.156. The number of nitrogen functional groups attached to an aromatic ring is 1. The first-order valence-corrected chi connectivity index (χ1v) is 12.4. The molecule has 0 radical (unpaired) electrons. The predicted molar refractivity (Wildman–Crippen MR) is 141 cm³/mol. The number of anilines is 2. The molecule has 1 saturated heterocycles. The maximum absolute atomic E-state index is 14.2. The van der Waals surface area contributed by atoms with Crippen molar-refractivity contribution in [1.82, 2.24) is 25.0 Å². The van der Waals surface area contributed by atoms with Crippen LogP contribution in [0.15, 0.2) is 42.7 Å². The molecule has 3 heterocycles. The number of aryl methyl sites for hydroxylation is 3. The van der Waals surface area contributed by atoms with Crippen LogP contribution in [-0.2, 0) is 23.1 Å². The summed E-state index contributed by atoms with van der Waals surface area (Å²) in [4.78, 5) is 46.7. The Hall–Kier alpha value is -4.28. The van der Waals surface area contributed by atoms with Gasteiger partial charge >= 0.3 is 6.03 Å². The third-order valence-corrected chi connectivity index (χ3v) is 6.93. The number of nitrogens with zero attached hydrogens (tertiary/aromatic N) is 5. The Bertz CT molecular complexity index is 1370. The number of rotatable bonds is 7. The van der Waals surface area contributed by atoms with Crippen molar-refractivity contribution < 1.29 is 18.8 Å². The van der Waals surface area contributed by atoms with Gasteiger partial charge in [0.25, 0.3) is 5.91 Å². The average molecular weight is 522 g/mol. The van der Waals surface area contributed by atoms with Crippen molar-refractivity contribution in [2.45, 2.75) is 45.7 Å². The van der Waals surface area contributed by atoms with E-state index in [1.54, 1.807) is 69.2 Å². The maximum Gasteiger partial charge on any atom is 0.325 e. The van der Waals surface area contributed by atoms with E-state index in [0.29, 0.717) is 29.2 Å². The van der Waals surface area contributed by atoms with Gasteiger partial charge < -0.3 is 11.1 Å². The molecule has 1 aliphatic heterocycles. The standard InChI is InChI=1S/C27H32FN7O3/c1-6-20(18-11-15(2)23(28)16(3)12-18)31-27(38)35-24(26(37)34(5)22-8-10-33(4)32-22)19(25(35)36)13-17-7-9-30-21(29)14-17/h7-12,14,19-20,24H,6,13H2,1-5H3,(H2,29,30)(H,31,38)/t19-,20-,24+/m1/s1. The Morgan fingerprint density at radius 1 is 1.21 bits per heavy atom. The van der Waals surface area contributed by atoms with Crippen LogP contribution in [0.2, 0.25) is 0 Å². The molecule has 0 unspecified atom stereocenters. The predicted octanol–water partition coefficient (Wildman–Crippen LogP) is 3.05. The molecular weight excluding hydrogens is 489 g/mol. The van der Waals surface area contributed by atoms with Crippen molar-refractivity contribution in [3.63, 3.8) is 0 Å². The first-order valence-electron chi connectivity index (χ1n) is 12.4. The van der Waals surface area contributed by atoms with Crippen molar-refractivity contribution in [3.8, 4) is 0 Å². The number of urea groups is 1. The fourth-order valence-corrected chi connectivity index (χ4v) is 4.85. The highest BCUT2D eigenvalue weighted by Gasteiger charge is 2.55. The molecular formula is C27H32FN7O3. The monoisotopic (exact) mass is 521 g/mol. The van der Waals surface area contributed by atoms with Crippen LogP contribution in [0.1, 0.15) is 41.6 Å². The zero-order chi connectivity index (χ0) is 27.7. The topological polar surface area (TPSA) is 126 Å². The van der Waals surface area contributed by atoms with Crippen LogP contribution in [0, 0.1) is 25.6 Å². The van der Waals surface area contributed by atoms with E-state index in [0.717, 1.165) is 16.0 Å². The number of carbonyl (C=O) groups excluding carboxylic acids is 3. The van der Waals surface area contributed by atoms with E-state index in [-0.39, 0.29) is 12.2 Å². The highest BCUT2D eigenvalue weighted by Crippen LogP contribution is 2.33. The number of benzene rings is 1. The van der Waals surface area contributed by atoms with E-state index in [1.807, 2.05) is 6.92 Å². The molecule has 10 nitrogen and oxygen atoms in total. The lowest BCUT2D eigenvalue weighted by Gasteiger charge is -2.45. The van der Waals surface area contributed by atoms with Crippen LogP contribution in [0.4, 0.5) is 20.8 Å². The normalized spacial score (nSPS) is 17.6. The number of likely N-dealkylation sites (tertiary alicyclic amines) is 1. The number of pyridine rings is 1. The van der Waals surface area contributed by atoms with Crippen molar-refractivity contribution in [1.29, 1.82) is 0 Å². The van der Waals surface area contributed by atoms with Crippen LogP contribution >= 0.6 is 0 Å². The molecule has 2 aromatic heterocycles. The summed E-state index contributed by atoms with van der Waals surface area (Å²) >= 11 is 0. The van der Waals surface area contributed by atoms with E-state index < -0.39 is 35.8 Å². The maximum atomic E-state index is 14.2. The van der Waals surface area contributed by atoms with Gasteiger partial charge in [-0.15, -0.1) is 0 Å². The number of halogens is 1. The van der Waals surface area contributed by atoms with Crippen molar-refractivity contribution in [2.24, 2.45) is 13.0 Å². The van der Waals surface area contributed by atoms with E-state index in [2.05, 4.69) is 15.4 Å². The SMILES string of the molecule is CC[C@@H](NC(=O)N1C(=O)[C@H](Cc2ccnc(N)c2)[C@H]1C(=O)N(C)c1ccn(C)n1)c1cc(C)c(F)c(C)c1. The molecule has 0 bridgehead atoms. The summed E-state index contributed by atoms with van der Waals surface area (Å²) in [5.41, 5.74) is 8.19. The number of nitrogens with one attached hydrogen (secondary N) is 1. The smallest absolute Gasteiger partial charge is 0.325 e. The number of likely N-dealkylation sites (N-methyl/N-ethyl adjacent to an activating group) is 1. The third kappa shape index (κ3) is 5.09. The van der Waals surface area contributed by atoms with E-state index in [9.17, 15) is 18.8 Å². The van der Waals surface area contributed by atoms with Gasteiger partial charge in [-0.25, -0.2) is 14.2 Å². The molecule has 3 N–H and O–H groups in total. The Labute approximate surface area is 220 Å². The summed E-state index contributed by atoms with van der Waals surface area (Å²) in [5.74, 6) is -1.27. The molecule has 11 heteroatoms. The van der Waals surface area contributed by atoms with Crippen LogP contribution in [-0.4, -0.2) is 50.6 Å². The van der Waals surface area contributed by atoms with Gasteiger partial charge in [-0.1, -0.05) is 19.1 Å². The molecule has 0 spiro atoms. The number of aromatic nitrogens is 3. The van der Waals surface area contributed by atoms with Gasteiger partial charge in [0, 0.05) is 32.6 Å². The number of imide groups is 1. The van der Waals surface area contributed by atoms with E-state index >= 15 is 0 Å². The molecule has 0 saturated carbocycles. The summed E-state index contributed by atoms with van der Waals surface area (Å²) in [6.07, 6.45) is 3.96. The highest BCUT2D eigenvalue weighted by molar-refractivity contribution is 6.12. The minimum absolute atomic E-state index is 0.218. The average Bonchev–Trinajstić information content (AvgIpc) is 3.32. The summed E-state index contributed by atoms with van der Waals surface area (Å²) in [7, 11) is 3.29. The summed E-state index contributed by atoms with van der Waals surface area (Å²) < 4.78 is 15.7. The molecule has 0 aliphatic carbocycles. The second-order valence-corrected chi connectivity index (χ2v) is 9.68. The van der Waals surface area contributed by atoms with Gasteiger partial charge in [-0.2, -0.15) is 5.10 Å². The number of carbonyl (C=O) groups is 3. The van der Waals surface area contributed by atoms with Crippen molar-refractivity contribution in [2.75, 3.05) is 17.7 Å². The molecule has 38 heavy (non-hydrogen) atoms. The molecule has 200 valence electrons. The summed E-state index contributed by atoms with van der Waals surface area (Å²) in [5, 5.41) is 7.14. The van der Waals surface area contributed by atoms with Crippen LogP contribution < -0.4 is 16.0 Å². The van der Waals surface area contributed by atoms with Crippen LogP contribution in [0.25, 0.3) is 0 Å². The van der Waals surface area contributed by atoms with Gasteiger partial charge in [0.1, 0.15) is 17.7 Å². The lowest BCUT2D eigenvalue weighted by atomic mass is 9.81. The minimum Gasteiger partial charge on any atom is -0.384 e. The Morgan fingerprint density at radius 3 is 2.47 bits per heavy atom. The summed E-state index contributed by atoms with van der Waals surface area (Å²) in [6, 6.07) is 6.21. The Morgan fingerprint density at radius 2 is 1.89 bits per heavy atom. The molecule has 1 aliphatic rings. The second kappa shape index (κ2) is 10.6. The van der Waals surface area contributed by atoms with Gasteiger partial charge in [-0.05, 0) is 61.1 Å².